The molecule has 1 aliphatic carbocycles. The van der Waals surface area contributed by atoms with E-state index in [1.807, 2.05) is 0 Å². The number of nitrogens with one attached hydrogen (secondary N) is 2. The Bertz CT molecular complexity index is 179. The van der Waals surface area contributed by atoms with Crippen molar-refractivity contribution < 1.29 is 9.90 Å². The summed E-state index contributed by atoms with van der Waals surface area (Å²) in [6.45, 7) is 4.05. The van der Waals surface area contributed by atoms with Crippen molar-refractivity contribution in [1.82, 2.24) is 10.6 Å². The molecule has 0 heterocycles. The van der Waals surface area contributed by atoms with Gasteiger partial charge in [0.25, 0.3) is 0 Å². The lowest BCUT2D eigenvalue weighted by Gasteiger charge is -2.07. The molecule has 82 valence electrons. The summed E-state index contributed by atoms with van der Waals surface area (Å²) in [6.07, 6.45) is 2.63. The molecule has 1 atom stereocenters. The van der Waals surface area contributed by atoms with Gasteiger partial charge < -0.3 is 15.7 Å². The zero-order valence-corrected chi connectivity index (χ0v) is 8.75. The maximum atomic E-state index is 11.2. The van der Waals surface area contributed by atoms with Crippen LogP contribution in [0, 0.1) is 5.92 Å². The highest BCUT2D eigenvalue weighted by molar-refractivity contribution is 5.80. The monoisotopic (exact) mass is 200 g/mol. The van der Waals surface area contributed by atoms with Crippen LogP contribution in [0.5, 0.6) is 0 Å². The quantitative estimate of drug-likeness (QED) is 0.502. The zero-order chi connectivity index (χ0) is 10.4. The Hall–Kier alpha value is -0.610. The Kier molecular flexibility index (Phi) is 4.90. The van der Waals surface area contributed by atoms with Crippen LogP contribution in [0.1, 0.15) is 26.2 Å². The fourth-order valence-corrected chi connectivity index (χ4v) is 1.20. The fourth-order valence-electron chi connectivity index (χ4n) is 1.20. The second-order valence-electron chi connectivity index (χ2n) is 3.95. The van der Waals surface area contributed by atoms with Crippen molar-refractivity contribution in [2.75, 3.05) is 19.6 Å². The minimum absolute atomic E-state index is 0.197. The maximum Gasteiger partial charge on any atom is 0.223 e. The lowest BCUT2D eigenvalue weighted by molar-refractivity contribution is -0.122. The number of hydrogen-bond acceptors (Lipinski definition) is 3. The number of aliphatic hydroxyl groups excluding tert-OH is 1. The van der Waals surface area contributed by atoms with Crippen LogP contribution in [-0.4, -0.2) is 36.8 Å². The predicted octanol–water partition coefficient (Wildman–Crippen LogP) is -0.127. The number of amides is 1. The number of carbonyl (C=O) groups is 1. The molecule has 0 aromatic rings. The Balaban J connectivity index is 1.81. The molecule has 1 aliphatic rings. The topological polar surface area (TPSA) is 61.4 Å². The van der Waals surface area contributed by atoms with Gasteiger partial charge >= 0.3 is 0 Å². The number of aliphatic hydroxyl groups is 1. The molecule has 1 unspecified atom stereocenters. The van der Waals surface area contributed by atoms with E-state index in [2.05, 4.69) is 10.6 Å². The minimum Gasteiger partial charge on any atom is -0.393 e. The van der Waals surface area contributed by atoms with E-state index in [0.29, 0.717) is 12.5 Å². The molecule has 1 amide bonds. The Labute approximate surface area is 85.1 Å². The normalized spacial score (nSPS) is 17.9. The standard InChI is InChI=1S/C10H20N2O2/c1-8(13)4-5-11-6-7-12-10(14)9-2-3-9/h8-9,11,13H,2-7H2,1H3,(H,12,14). The van der Waals surface area contributed by atoms with Gasteiger partial charge in [0.2, 0.25) is 5.91 Å². The van der Waals surface area contributed by atoms with Gasteiger partial charge in [0.05, 0.1) is 6.10 Å². The van der Waals surface area contributed by atoms with E-state index < -0.39 is 0 Å². The van der Waals surface area contributed by atoms with Crippen molar-refractivity contribution in [3.63, 3.8) is 0 Å². The molecule has 1 fully saturated rings. The summed E-state index contributed by atoms with van der Waals surface area (Å²) in [7, 11) is 0. The Morgan fingerprint density at radius 3 is 2.71 bits per heavy atom. The van der Waals surface area contributed by atoms with Crippen LogP contribution in [-0.2, 0) is 4.79 Å². The van der Waals surface area contributed by atoms with Gasteiger partial charge in [-0.1, -0.05) is 0 Å². The average molecular weight is 200 g/mol. The van der Waals surface area contributed by atoms with Crippen LogP contribution in [0.4, 0.5) is 0 Å². The van der Waals surface area contributed by atoms with Gasteiger partial charge in [0, 0.05) is 19.0 Å². The van der Waals surface area contributed by atoms with E-state index in [-0.39, 0.29) is 12.0 Å². The first-order chi connectivity index (χ1) is 6.70. The van der Waals surface area contributed by atoms with Crippen LogP contribution in [0.3, 0.4) is 0 Å². The van der Waals surface area contributed by atoms with Gasteiger partial charge in [-0.05, 0) is 32.7 Å². The Morgan fingerprint density at radius 2 is 2.14 bits per heavy atom. The minimum atomic E-state index is -0.247. The lowest BCUT2D eigenvalue weighted by Crippen LogP contribution is -2.33. The van der Waals surface area contributed by atoms with Crippen molar-refractivity contribution in [3.8, 4) is 0 Å². The van der Waals surface area contributed by atoms with Crippen molar-refractivity contribution >= 4 is 5.91 Å². The summed E-state index contributed by atoms with van der Waals surface area (Å²) in [5.41, 5.74) is 0. The first-order valence-corrected chi connectivity index (χ1v) is 5.36. The number of hydrogen-bond donors (Lipinski definition) is 3. The molecule has 1 saturated carbocycles. The van der Waals surface area contributed by atoms with E-state index in [0.717, 1.165) is 32.4 Å². The van der Waals surface area contributed by atoms with Crippen LogP contribution >= 0.6 is 0 Å². The van der Waals surface area contributed by atoms with Crippen LogP contribution < -0.4 is 10.6 Å². The second-order valence-corrected chi connectivity index (χ2v) is 3.95. The van der Waals surface area contributed by atoms with E-state index in [9.17, 15) is 4.79 Å². The highest BCUT2D eigenvalue weighted by Gasteiger charge is 2.28. The van der Waals surface area contributed by atoms with Crippen molar-refractivity contribution in [3.05, 3.63) is 0 Å². The fraction of sp³-hybridized carbons (Fsp3) is 0.900. The van der Waals surface area contributed by atoms with E-state index in [1.54, 1.807) is 6.92 Å². The van der Waals surface area contributed by atoms with E-state index in [4.69, 9.17) is 5.11 Å². The SMILES string of the molecule is CC(O)CCNCCNC(=O)C1CC1. The number of rotatable bonds is 7. The first-order valence-electron chi connectivity index (χ1n) is 5.36. The summed E-state index contributed by atoms with van der Waals surface area (Å²) >= 11 is 0. The molecule has 0 saturated heterocycles. The van der Waals surface area contributed by atoms with E-state index in [1.165, 1.54) is 0 Å². The van der Waals surface area contributed by atoms with Crippen LogP contribution in [0.25, 0.3) is 0 Å². The van der Waals surface area contributed by atoms with Gasteiger partial charge in [-0.15, -0.1) is 0 Å². The molecule has 0 radical (unpaired) electrons. The van der Waals surface area contributed by atoms with Gasteiger partial charge in [0.15, 0.2) is 0 Å². The summed E-state index contributed by atoms with van der Waals surface area (Å²) in [5, 5.41) is 15.0. The lowest BCUT2D eigenvalue weighted by atomic mass is 10.3. The molecule has 0 aromatic heterocycles. The largest absolute Gasteiger partial charge is 0.393 e. The third kappa shape index (κ3) is 5.19. The van der Waals surface area contributed by atoms with Crippen molar-refractivity contribution in [2.24, 2.45) is 5.92 Å². The number of carbonyl (C=O) groups excluding carboxylic acids is 1. The van der Waals surface area contributed by atoms with Gasteiger partial charge in [0.1, 0.15) is 0 Å². The molecule has 0 bridgehead atoms. The smallest absolute Gasteiger partial charge is 0.223 e. The molecule has 0 aromatic carbocycles. The van der Waals surface area contributed by atoms with E-state index >= 15 is 0 Å². The summed E-state index contributed by atoms with van der Waals surface area (Å²) in [6, 6.07) is 0. The van der Waals surface area contributed by atoms with Crippen molar-refractivity contribution in [2.45, 2.75) is 32.3 Å². The molecule has 3 N–H and O–H groups in total. The highest BCUT2D eigenvalue weighted by atomic mass is 16.3. The molecular formula is C10H20N2O2. The first kappa shape index (κ1) is 11.5. The van der Waals surface area contributed by atoms with Crippen LogP contribution in [0.2, 0.25) is 0 Å². The summed E-state index contributed by atoms with van der Waals surface area (Å²) in [4.78, 5) is 11.2. The third-order valence-electron chi connectivity index (χ3n) is 2.29. The van der Waals surface area contributed by atoms with Gasteiger partial charge in [-0.3, -0.25) is 4.79 Å². The summed E-state index contributed by atoms with van der Waals surface area (Å²) < 4.78 is 0. The molecule has 0 spiro atoms. The van der Waals surface area contributed by atoms with Gasteiger partial charge in [-0.2, -0.15) is 0 Å². The average Bonchev–Trinajstić information content (AvgIpc) is 2.92. The van der Waals surface area contributed by atoms with Crippen molar-refractivity contribution in [1.29, 1.82) is 0 Å². The summed E-state index contributed by atoms with van der Waals surface area (Å²) in [5.74, 6) is 0.495. The molecule has 14 heavy (non-hydrogen) atoms. The molecule has 4 heteroatoms. The molecular weight excluding hydrogens is 180 g/mol. The highest BCUT2D eigenvalue weighted by Crippen LogP contribution is 2.28. The second kappa shape index (κ2) is 5.98. The Morgan fingerprint density at radius 1 is 1.43 bits per heavy atom. The molecule has 1 rings (SSSR count). The zero-order valence-electron chi connectivity index (χ0n) is 8.75. The molecule has 0 aliphatic heterocycles. The van der Waals surface area contributed by atoms with Gasteiger partial charge in [-0.25, -0.2) is 0 Å². The third-order valence-corrected chi connectivity index (χ3v) is 2.29. The van der Waals surface area contributed by atoms with Crippen LogP contribution in [0.15, 0.2) is 0 Å². The maximum absolute atomic E-state index is 11.2. The molecule has 4 nitrogen and oxygen atoms in total. The predicted molar refractivity (Wildman–Crippen MR) is 54.9 cm³/mol.